The molecular weight excluding hydrogens is 714 g/mol. The summed E-state index contributed by atoms with van der Waals surface area (Å²) in [6, 6.07) is 12.4. The number of nitrogens with zero attached hydrogens (tertiary/aromatic N) is 1. The molecule has 0 bridgehead atoms. The van der Waals surface area contributed by atoms with Gasteiger partial charge in [-0.3, -0.25) is 19.7 Å². The Hall–Kier alpha value is -5.04. The highest BCUT2D eigenvalue weighted by molar-refractivity contribution is 5.80. The van der Waals surface area contributed by atoms with Gasteiger partial charge in [0.25, 0.3) is 5.69 Å². The minimum Gasteiger partial charge on any atom is -0.493 e. The maximum atomic E-state index is 13.7. The first-order chi connectivity index (χ1) is 26.0. The van der Waals surface area contributed by atoms with Gasteiger partial charge in [-0.15, -0.1) is 0 Å². The Balaban J connectivity index is 1.14. The molecule has 0 saturated carbocycles. The smallest absolute Gasteiger partial charge is 0.315 e. The molecule has 5 aliphatic rings. The summed E-state index contributed by atoms with van der Waals surface area (Å²) in [6.45, 7) is 1.75. The molecule has 4 aliphatic heterocycles. The second-order valence-corrected chi connectivity index (χ2v) is 13.5. The Bertz CT molecular complexity index is 1930. The number of carbonyl (C=O) groups is 2. The van der Waals surface area contributed by atoms with Crippen LogP contribution in [0.5, 0.6) is 28.7 Å². The zero-order chi connectivity index (χ0) is 37.8. The van der Waals surface area contributed by atoms with E-state index < -0.39 is 77.7 Å². The summed E-state index contributed by atoms with van der Waals surface area (Å²) in [5.74, 6) is -2.12. The SMILES string of the molecule is COc1cc([C@@H]2c3cc4c(cc3[C@@H](OC3OC5COC(C)OC5C(O)C3O)[C@H]3COC(=O)[C@H]23)OCO4)cc(OC)c1OC(=O)Cc1ccc([N+](=O)[O-])cc1. The predicted molar refractivity (Wildman–Crippen MR) is 179 cm³/mol. The summed E-state index contributed by atoms with van der Waals surface area (Å²) in [5.41, 5.74) is 2.18. The maximum Gasteiger partial charge on any atom is 0.315 e. The first-order valence-corrected chi connectivity index (χ1v) is 17.3. The van der Waals surface area contributed by atoms with E-state index in [1.807, 2.05) is 0 Å². The van der Waals surface area contributed by atoms with Crippen LogP contribution in [0.1, 0.15) is 41.2 Å². The van der Waals surface area contributed by atoms with Crippen molar-refractivity contribution in [3.8, 4) is 28.7 Å². The molecular formula is C37H37NO16. The molecule has 3 saturated heterocycles. The number of aliphatic hydroxyl groups excluding tert-OH is 2. The molecule has 17 nitrogen and oxygen atoms in total. The number of cyclic esters (lactones) is 1. The normalized spacial score (nSPS) is 30.7. The first-order valence-electron chi connectivity index (χ1n) is 17.3. The van der Waals surface area contributed by atoms with Gasteiger partial charge in [0.05, 0.1) is 50.8 Å². The molecule has 0 radical (unpaired) electrons. The van der Waals surface area contributed by atoms with Gasteiger partial charge in [0.15, 0.2) is 35.6 Å². The summed E-state index contributed by atoms with van der Waals surface area (Å²) in [6.07, 6.45) is -7.38. The average Bonchev–Trinajstić information content (AvgIpc) is 3.79. The van der Waals surface area contributed by atoms with E-state index >= 15 is 0 Å². The lowest BCUT2D eigenvalue weighted by Crippen LogP contribution is -2.63. The number of ether oxygens (including phenoxy) is 10. The molecule has 10 atom stereocenters. The molecule has 3 aromatic carbocycles. The minimum atomic E-state index is -1.49. The van der Waals surface area contributed by atoms with Gasteiger partial charge in [-0.25, -0.2) is 0 Å². The van der Waals surface area contributed by atoms with Crippen molar-refractivity contribution >= 4 is 17.6 Å². The van der Waals surface area contributed by atoms with Crippen LogP contribution in [0.2, 0.25) is 0 Å². The fraction of sp³-hybridized carbons (Fsp3) is 0.459. The Labute approximate surface area is 307 Å². The summed E-state index contributed by atoms with van der Waals surface area (Å²) < 4.78 is 58.2. The highest BCUT2D eigenvalue weighted by Crippen LogP contribution is 2.57. The number of rotatable bonds is 9. The van der Waals surface area contributed by atoms with Gasteiger partial charge in [0.1, 0.15) is 24.4 Å². The summed E-state index contributed by atoms with van der Waals surface area (Å²) in [4.78, 5) is 37.3. The van der Waals surface area contributed by atoms with Crippen molar-refractivity contribution in [3.63, 3.8) is 0 Å². The molecule has 1 aliphatic carbocycles. The van der Waals surface area contributed by atoms with Gasteiger partial charge in [0.2, 0.25) is 12.5 Å². The summed E-state index contributed by atoms with van der Waals surface area (Å²) in [5, 5.41) is 33.2. The molecule has 2 N–H and O–H groups in total. The lowest BCUT2D eigenvalue weighted by atomic mass is 9.66. The molecule has 17 heteroatoms. The number of nitro groups is 1. The van der Waals surface area contributed by atoms with Crippen LogP contribution in [0.15, 0.2) is 48.5 Å². The number of nitro benzene ring substituents is 1. The third kappa shape index (κ3) is 6.35. The first kappa shape index (κ1) is 36.0. The van der Waals surface area contributed by atoms with E-state index in [1.165, 1.54) is 38.5 Å². The van der Waals surface area contributed by atoms with Crippen LogP contribution in [-0.2, 0) is 39.7 Å². The molecule has 0 amide bonds. The molecule has 54 heavy (non-hydrogen) atoms. The topological polar surface area (TPSA) is 210 Å². The van der Waals surface area contributed by atoms with Crippen molar-refractivity contribution < 1.29 is 72.1 Å². The zero-order valence-electron chi connectivity index (χ0n) is 29.3. The number of fused-ring (bicyclic) bond motifs is 4. The fourth-order valence-electron chi connectivity index (χ4n) is 7.87. The third-order valence-electron chi connectivity index (χ3n) is 10.4. The highest BCUT2D eigenvalue weighted by Gasteiger charge is 2.56. The van der Waals surface area contributed by atoms with Crippen molar-refractivity contribution in [1.82, 2.24) is 0 Å². The van der Waals surface area contributed by atoms with E-state index in [2.05, 4.69) is 0 Å². The van der Waals surface area contributed by atoms with Gasteiger partial charge >= 0.3 is 11.9 Å². The van der Waals surface area contributed by atoms with Crippen LogP contribution in [0, 0.1) is 22.0 Å². The molecule has 6 unspecified atom stereocenters. The number of non-ortho nitro benzene ring substituents is 1. The summed E-state index contributed by atoms with van der Waals surface area (Å²) in [7, 11) is 2.79. The predicted octanol–water partition coefficient (Wildman–Crippen LogP) is 2.69. The van der Waals surface area contributed by atoms with E-state index in [0.29, 0.717) is 33.8 Å². The van der Waals surface area contributed by atoms with Gasteiger partial charge in [-0.05, 0) is 53.4 Å². The second-order valence-electron chi connectivity index (χ2n) is 13.5. The number of esters is 2. The lowest BCUT2D eigenvalue weighted by Gasteiger charge is -2.47. The number of methoxy groups -OCH3 is 2. The van der Waals surface area contributed by atoms with Crippen molar-refractivity contribution in [1.29, 1.82) is 0 Å². The van der Waals surface area contributed by atoms with Gasteiger partial charge in [-0.2, -0.15) is 0 Å². The molecule has 8 rings (SSSR count). The van der Waals surface area contributed by atoms with Crippen molar-refractivity contribution in [3.05, 3.63) is 80.9 Å². The Morgan fingerprint density at radius 1 is 0.926 bits per heavy atom. The van der Waals surface area contributed by atoms with Gasteiger partial charge in [0, 0.05) is 24.0 Å². The Morgan fingerprint density at radius 2 is 1.61 bits per heavy atom. The van der Waals surface area contributed by atoms with Gasteiger partial charge in [-0.1, -0.05) is 12.1 Å². The number of hydrogen-bond donors (Lipinski definition) is 2. The lowest BCUT2D eigenvalue weighted by molar-refractivity contribution is -0.384. The van der Waals surface area contributed by atoms with Crippen LogP contribution in [-0.4, -0.2) is 98.3 Å². The molecule has 3 fully saturated rings. The van der Waals surface area contributed by atoms with Crippen molar-refractivity contribution in [2.24, 2.45) is 11.8 Å². The molecule has 0 aromatic heterocycles. The van der Waals surface area contributed by atoms with E-state index in [-0.39, 0.29) is 49.4 Å². The largest absolute Gasteiger partial charge is 0.493 e. The van der Waals surface area contributed by atoms with Crippen LogP contribution >= 0.6 is 0 Å². The van der Waals surface area contributed by atoms with E-state index in [4.69, 9.17) is 47.4 Å². The van der Waals surface area contributed by atoms with Gasteiger partial charge < -0.3 is 57.6 Å². The van der Waals surface area contributed by atoms with Crippen LogP contribution in [0.25, 0.3) is 0 Å². The number of hydrogen-bond acceptors (Lipinski definition) is 16. The zero-order valence-corrected chi connectivity index (χ0v) is 29.3. The van der Waals surface area contributed by atoms with E-state index in [0.717, 1.165) is 0 Å². The minimum absolute atomic E-state index is 0.00509. The maximum absolute atomic E-state index is 13.7. The number of benzene rings is 3. The second kappa shape index (κ2) is 14.3. The molecule has 286 valence electrons. The standard InChI is InChI=1S/C37H37NO16/c1-16-47-14-27-35(51-16)31(40)32(41)37(52-27)54-33-21-12-24-23(49-15-50-24)11-20(21)29(30-22(33)13-48-36(30)42)18-9-25(45-2)34(26(10-18)46-3)53-28(39)8-17-4-6-19(7-5-17)38(43)44/h4-7,9-12,16,22,27,29-33,35,37,40-41H,8,13-15H2,1-3H3/t16?,22-,27?,29+,30-,31?,32?,33+,35?,37?/m0/s1. The Morgan fingerprint density at radius 3 is 2.28 bits per heavy atom. The molecule has 0 spiro atoms. The van der Waals surface area contributed by atoms with Crippen LogP contribution in [0.3, 0.4) is 0 Å². The fourth-order valence-corrected chi connectivity index (χ4v) is 7.87. The number of aliphatic hydroxyl groups is 2. The highest BCUT2D eigenvalue weighted by atomic mass is 16.8. The van der Waals surface area contributed by atoms with E-state index in [9.17, 15) is 29.9 Å². The van der Waals surface area contributed by atoms with Crippen molar-refractivity contribution in [2.75, 3.05) is 34.2 Å². The quantitative estimate of drug-likeness (QED) is 0.139. The van der Waals surface area contributed by atoms with Crippen molar-refractivity contribution in [2.45, 2.75) is 62.4 Å². The Kier molecular flexibility index (Phi) is 9.53. The summed E-state index contributed by atoms with van der Waals surface area (Å²) >= 11 is 0. The number of carbonyl (C=O) groups excluding carboxylic acids is 2. The van der Waals surface area contributed by atoms with Crippen LogP contribution < -0.4 is 23.7 Å². The van der Waals surface area contributed by atoms with E-state index in [1.54, 1.807) is 31.2 Å². The molecule has 3 aromatic rings. The third-order valence-corrected chi connectivity index (χ3v) is 10.4. The average molecular weight is 752 g/mol. The van der Waals surface area contributed by atoms with Crippen LogP contribution in [0.4, 0.5) is 5.69 Å². The molecule has 4 heterocycles. The monoisotopic (exact) mass is 751 g/mol.